The molecule has 0 saturated carbocycles. The second-order valence-electron chi connectivity index (χ2n) is 6.00. The van der Waals surface area contributed by atoms with Gasteiger partial charge in [-0.2, -0.15) is 0 Å². The maximum absolute atomic E-state index is 12.4. The van der Waals surface area contributed by atoms with Crippen LogP contribution >= 0.6 is 0 Å². The van der Waals surface area contributed by atoms with Crippen LogP contribution in [0.1, 0.15) is 33.3 Å². The summed E-state index contributed by atoms with van der Waals surface area (Å²) in [5.41, 5.74) is 6.49. The third kappa shape index (κ3) is 3.26. The Bertz CT molecular complexity index is 474. The minimum atomic E-state index is -0.693. The van der Waals surface area contributed by atoms with E-state index in [1.165, 1.54) is 0 Å². The van der Waals surface area contributed by atoms with Gasteiger partial charge in [-0.3, -0.25) is 4.79 Å². The second-order valence-corrected chi connectivity index (χ2v) is 6.00. The summed E-state index contributed by atoms with van der Waals surface area (Å²) in [5, 5.41) is 2.91. The lowest BCUT2D eigenvalue weighted by atomic mass is 9.74. The van der Waals surface area contributed by atoms with Gasteiger partial charge in [0.05, 0.1) is 18.2 Å². The van der Waals surface area contributed by atoms with Gasteiger partial charge in [0.1, 0.15) is 5.75 Å². The van der Waals surface area contributed by atoms with Gasteiger partial charge in [-0.1, -0.05) is 6.07 Å². The molecule has 0 aliphatic carbocycles. The Labute approximate surface area is 115 Å². The molecule has 19 heavy (non-hydrogen) atoms. The van der Waals surface area contributed by atoms with Crippen molar-refractivity contribution in [3.63, 3.8) is 0 Å². The van der Waals surface area contributed by atoms with Crippen LogP contribution < -0.4 is 15.8 Å². The van der Waals surface area contributed by atoms with E-state index in [0.717, 1.165) is 5.56 Å². The Morgan fingerprint density at radius 2 is 1.84 bits per heavy atom. The number of carbonyl (C=O) groups is 1. The lowest BCUT2D eigenvalue weighted by molar-refractivity contribution is -0.126. The SMILES string of the molecule is COc1ccc(C)cc1NC(=O)C(C)(C)C(C)(C)N. The summed E-state index contributed by atoms with van der Waals surface area (Å²) in [6, 6.07) is 5.66. The number of anilines is 1. The van der Waals surface area contributed by atoms with E-state index in [9.17, 15) is 4.79 Å². The predicted octanol–water partition coefficient (Wildman–Crippen LogP) is 2.71. The van der Waals surface area contributed by atoms with Crippen LogP contribution in [0.5, 0.6) is 5.75 Å². The highest BCUT2D eigenvalue weighted by Gasteiger charge is 2.40. The van der Waals surface area contributed by atoms with Gasteiger partial charge in [0.25, 0.3) is 0 Å². The number of aryl methyl sites for hydroxylation is 1. The number of rotatable bonds is 4. The molecule has 0 aliphatic heterocycles. The van der Waals surface area contributed by atoms with Gasteiger partial charge in [-0.05, 0) is 52.3 Å². The summed E-state index contributed by atoms with van der Waals surface area (Å²) in [4.78, 5) is 12.4. The van der Waals surface area contributed by atoms with Crippen molar-refractivity contribution in [3.8, 4) is 5.75 Å². The number of ether oxygens (including phenoxy) is 1. The Morgan fingerprint density at radius 3 is 2.32 bits per heavy atom. The van der Waals surface area contributed by atoms with Crippen molar-refractivity contribution in [2.24, 2.45) is 11.1 Å². The zero-order valence-corrected chi connectivity index (χ0v) is 12.6. The third-order valence-corrected chi connectivity index (χ3v) is 3.78. The smallest absolute Gasteiger partial charge is 0.231 e. The molecule has 1 amide bonds. The molecular formula is C15H24N2O2. The van der Waals surface area contributed by atoms with Gasteiger partial charge >= 0.3 is 0 Å². The van der Waals surface area contributed by atoms with Gasteiger partial charge in [-0.25, -0.2) is 0 Å². The number of benzene rings is 1. The van der Waals surface area contributed by atoms with E-state index < -0.39 is 11.0 Å². The van der Waals surface area contributed by atoms with Crippen LogP contribution in [0.4, 0.5) is 5.69 Å². The molecule has 0 unspecified atom stereocenters. The monoisotopic (exact) mass is 264 g/mol. The largest absolute Gasteiger partial charge is 0.495 e. The maximum atomic E-state index is 12.4. The van der Waals surface area contributed by atoms with Crippen LogP contribution in [0, 0.1) is 12.3 Å². The van der Waals surface area contributed by atoms with E-state index in [1.807, 2.05) is 52.8 Å². The number of methoxy groups -OCH3 is 1. The molecule has 3 N–H and O–H groups in total. The summed E-state index contributed by atoms with van der Waals surface area (Å²) in [6.07, 6.45) is 0. The van der Waals surface area contributed by atoms with Gasteiger partial charge in [0.2, 0.25) is 5.91 Å². The Balaban J connectivity index is 3.03. The molecule has 1 aromatic rings. The summed E-state index contributed by atoms with van der Waals surface area (Å²) in [5.74, 6) is 0.522. The molecule has 0 fully saturated rings. The minimum Gasteiger partial charge on any atom is -0.495 e. The first-order valence-corrected chi connectivity index (χ1v) is 6.34. The summed E-state index contributed by atoms with van der Waals surface area (Å²) < 4.78 is 5.25. The molecule has 0 aromatic heterocycles. The van der Waals surface area contributed by atoms with Gasteiger partial charge in [-0.15, -0.1) is 0 Å². The Hall–Kier alpha value is -1.55. The van der Waals surface area contributed by atoms with E-state index in [2.05, 4.69) is 5.32 Å². The van der Waals surface area contributed by atoms with Gasteiger partial charge in [0, 0.05) is 5.54 Å². The summed E-state index contributed by atoms with van der Waals surface area (Å²) in [7, 11) is 1.58. The van der Waals surface area contributed by atoms with Gasteiger partial charge < -0.3 is 15.8 Å². The third-order valence-electron chi connectivity index (χ3n) is 3.78. The summed E-state index contributed by atoms with van der Waals surface area (Å²) in [6.45, 7) is 9.34. The van der Waals surface area contributed by atoms with Crippen LogP contribution in [0.2, 0.25) is 0 Å². The van der Waals surface area contributed by atoms with E-state index >= 15 is 0 Å². The first-order valence-electron chi connectivity index (χ1n) is 6.34. The predicted molar refractivity (Wildman–Crippen MR) is 78.4 cm³/mol. The van der Waals surface area contributed by atoms with E-state index in [0.29, 0.717) is 11.4 Å². The Morgan fingerprint density at radius 1 is 1.26 bits per heavy atom. The second kappa shape index (κ2) is 5.21. The molecular weight excluding hydrogens is 240 g/mol. The average molecular weight is 264 g/mol. The molecule has 1 rings (SSSR count). The number of nitrogens with two attached hydrogens (primary N) is 1. The number of amides is 1. The standard InChI is InChI=1S/C15H24N2O2/c1-10-7-8-12(19-6)11(9-10)17-13(18)14(2,3)15(4,5)16/h7-9H,16H2,1-6H3,(H,17,18). The van der Waals surface area contributed by atoms with Crippen molar-refractivity contribution < 1.29 is 9.53 Å². The van der Waals surface area contributed by atoms with Crippen molar-refractivity contribution in [1.82, 2.24) is 0 Å². The number of hydrogen-bond acceptors (Lipinski definition) is 3. The molecule has 0 aliphatic rings. The Kier molecular flexibility index (Phi) is 4.25. The van der Waals surface area contributed by atoms with E-state index in [4.69, 9.17) is 10.5 Å². The first kappa shape index (κ1) is 15.5. The quantitative estimate of drug-likeness (QED) is 0.878. The van der Waals surface area contributed by atoms with E-state index in [-0.39, 0.29) is 5.91 Å². The maximum Gasteiger partial charge on any atom is 0.231 e. The fourth-order valence-corrected chi connectivity index (χ4v) is 1.49. The molecule has 0 atom stereocenters. The molecule has 0 heterocycles. The molecule has 0 saturated heterocycles. The number of hydrogen-bond donors (Lipinski definition) is 2. The highest BCUT2D eigenvalue weighted by Crippen LogP contribution is 2.32. The topological polar surface area (TPSA) is 64.3 Å². The van der Waals surface area contributed by atoms with Crippen molar-refractivity contribution >= 4 is 11.6 Å². The van der Waals surface area contributed by atoms with Crippen molar-refractivity contribution in [3.05, 3.63) is 23.8 Å². The summed E-state index contributed by atoms with van der Waals surface area (Å²) >= 11 is 0. The molecule has 0 radical (unpaired) electrons. The molecule has 106 valence electrons. The normalized spacial score (nSPS) is 12.2. The number of nitrogens with one attached hydrogen (secondary N) is 1. The molecule has 1 aromatic carbocycles. The highest BCUT2D eigenvalue weighted by atomic mass is 16.5. The van der Waals surface area contributed by atoms with Crippen molar-refractivity contribution in [1.29, 1.82) is 0 Å². The molecule has 0 bridgehead atoms. The van der Waals surface area contributed by atoms with Crippen molar-refractivity contribution in [2.75, 3.05) is 12.4 Å². The minimum absolute atomic E-state index is 0.121. The zero-order valence-electron chi connectivity index (χ0n) is 12.6. The molecule has 4 heteroatoms. The van der Waals surface area contributed by atoms with Crippen LogP contribution in [-0.2, 0) is 4.79 Å². The fourth-order valence-electron chi connectivity index (χ4n) is 1.49. The lowest BCUT2D eigenvalue weighted by Gasteiger charge is -2.37. The van der Waals surface area contributed by atoms with Crippen LogP contribution in [0.25, 0.3) is 0 Å². The molecule has 4 nitrogen and oxygen atoms in total. The van der Waals surface area contributed by atoms with Crippen LogP contribution in [-0.4, -0.2) is 18.6 Å². The first-order chi connectivity index (χ1) is 8.59. The fraction of sp³-hybridized carbons (Fsp3) is 0.533. The average Bonchev–Trinajstić information content (AvgIpc) is 2.27. The highest BCUT2D eigenvalue weighted by molar-refractivity contribution is 5.97. The van der Waals surface area contributed by atoms with Crippen molar-refractivity contribution in [2.45, 2.75) is 40.2 Å². The lowest BCUT2D eigenvalue weighted by Crippen LogP contribution is -2.53. The number of carbonyl (C=O) groups excluding carboxylic acids is 1. The van der Waals surface area contributed by atoms with Crippen LogP contribution in [0.15, 0.2) is 18.2 Å². The molecule has 0 spiro atoms. The van der Waals surface area contributed by atoms with Gasteiger partial charge in [0.15, 0.2) is 0 Å². The van der Waals surface area contributed by atoms with E-state index in [1.54, 1.807) is 7.11 Å². The van der Waals surface area contributed by atoms with Crippen LogP contribution in [0.3, 0.4) is 0 Å². The zero-order chi connectivity index (χ0) is 14.8.